The SMILES string of the molecule is Nc1cc(C(=O)Nc2ccsc2)ccc1F. The van der Waals surface area contributed by atoms with Crippen molar-refractivity contribution >= 4 is 28.6 Å². The summed E-state index contributed by atoms with van der Waals surface area (Å²) in [5.41, 5.74) is 6.41. The number of amides is 1. The Hall–Kier alpha value is -1.88. The van der Waals surface area contributed by atoms with Crippen molar-refractivity contribution in [2.24, 2.45) is 0 Å². The molecule has 5 heteroatoms. The van der Waals surface area contributed by atoms with Crippen LogP contribution in [-0.2, 0) is 0 Å². The Morgan fingerprint density at radius 2 is 2.19 bits per heavy atom. The minimum Gasteiger partial charge on any atom is -0.396 e. The van der Waals surface area contributed by atoms with Crippen LogP contribution < -0.4 is 11.1 Å². The number of carbonyl (C=O) groups excluding carboxylic acids is 1. The third kappa shape index (κ3) is 2.20. The minimum absolute atomic E-state index is 0.0297. The first-order chi connectivity index (χ1) is 7.66. The highest BCUT2D eigenvalue weighted by atomic mass is 32.1. The summed E-state index contributed by atoms with van der Waals surface area (Å²) >= 11 is 1.48. The van der Waals surface area contributed by atoms with Crippen LogP contribution in [0.5, 0.6) is 0 Å². The Balaban J connectivity index is 2.18. The lowest BCUT2D eigenvalue weighted by atomic mass is 10.2. The molecule has 3 nitrogen and oxygen atoms in total. The molecule has 1 aromatic carbocycles. The van der Waals surface area contributed by atoms with E-state index < -0.39 is 5.82 Å². The monoisotopic (exact) mass is 236 g/mol. The zero-order valence-electron chi connectivity index (χ0n) is 8.24. The summed E-state index contributed by atoms with van der Waals surface area (Å²) in [5.74, 6) is -0.822. The van der Waals surface area contributed by atoms with E-state index in [0.717, 1.165) is 5.69 Å². The molecule has 0 bridgehead atoms. The third-order valence-corrected chi connectivity index (χ3v) is 2.72. The summed E-state index contributed by atoms with van der Waals surface area (Å²) in [6.07, 6.45) is 0. The van der Waals surface area contributed by atoms with Gasteiger partial charge in [-0.25, -0.2) is 4.39 Å². The molecule has 2 rings (SSSR count). The fourth-order valence-corrected chi connectivity index (χ4v) is 1.81. The molecule has 0 spiro atoms. The molecule has 0 aliphatic rings. The molecule has 0 aliphatic heterocycles. The Morgan fingerprint density at radius 3 is 2.81 bits per heavy atom. The average molecular weight is 236 g/mol. The number of halogens is 1. The van der Waals surface area contributed by atoms with E-state index in [2.05, 4.69) is 5.32 Å². The predicted octanol–water partition coefficient (Wildman–Crippen LogP) is 2.72. The van der Waals surface area contributed by atoms with Crippen LogP contribution in [0.25, 0.3) is 0 Å². The van der Waals surface area contributed by atoms with Gasteiger partial charge in [-0.2, -0.15) is 11.3 Å². The van der Waals surface area contributed by atoms with Crippen LogP contribution in [0.3, 0.4) is 0 Å². The Labute approximate surface area is 95.7 Å². The topological polar surface area (TPSA) is 55.1 Å². The van der Waals surface area contributed by atoms with Crippen LogP contribution in [0.2, 0.25) is 0 Å². The zero-order chi connectivity index (χ0) is 11.5. The Kier molecular flexibility index (Phi) is 2.87. The number of anilines is 2. The molecule has 0 fully saturated rings. The molecule has 0 radical (unpaired) electrons. The number of hydrogen-bond donors (Lipinski definition) is 2. The molecule has 0 atom stereocenters. The van der Waals surface area contributed by atoms with Crippen molar-refractivity contribution in [3.05, 3.63) is 46.4 Å². The molecule has 82 valence electrons. The van der Waals surface area contributed by atoms with Gasteiger partial charge in [0.15, 0.2) is 0 Å². The molecule has 0 saturated carbocycles. The summed E-state index contributed by atoms with van der Waals surface area (Å²) in [6.45, 7) is 0. The summed E-state index contributed by atoms with van der Waals surface area (Å²) in [6, 6.07) is 5.68. The maximum atomic E-state index is 12.9. The molecule has 1 amide bonds. The van der Waals surface area contributed by atoms with Gasteiger partial charge >= 0.3 is 0 Å². The second-order valence-electron chi connectivity index (χ2n) is 3.20. The molecule has 1 heterocycles. The van der Waals surface area contributed by atoms with Crippen molar-refractivity contribution in [2.45, 2.75) is 0 Å². The number of nitrogen functional groups attached to an aromatic ring is 1. The van der Waals surface area contributed by atoms with Crippen LogP contribution in [0.4, 0.5) is 15.8 Å². The lowest BCUT2D eigenvalue weighted by Crippen LogP contribution is -2.11. The lowest BCUT2D eigenvalue weighted by molar-refractivity contribution is 0.102. The fourth-order valence-electron chi connectivity index (χ4n) is 1.22. The first-order valence-electron chi connectivity index (χ1n) is 4.55. The van der Waals surface area contributed by atoms with Gasteiger partial charge in [0.25, 0.3) is 5.91 Å². The quantitative estimate of drug-likeness (QED) is 0.788. The van der Waals surface area contributed by atoms with Crippen molar-refractivity contribution in [1.29, 1.82) is 0 Å². The number of carbonyl (C=O) groups is 1. The highest BCUT2D eigenvalue weighted by Crippen LogP contribution is 2.16. The van der Waals surface area contributed by atoms with Gasteiger partial charge in [-0.1, -0.05) is 0 Å². The van der Waals surface area contributed by atoms with Crippen LogP contribution in [-0.4, -0.2) is 5.91 Å². The molecular formula is C11H9FN2OS. The summed E-state index contributed by atoms with van der Waals surface area (Å²) in [4.78, 5) is 11.7. The van der Waals surface area contributed by atoms with Crippen LogP contribution in [0.1, 0.15) is 10.4 Å². The van der Waals surface area contributed by atoms with E-state index in [-0.39, 0.29) is 11.6 Å². The van der Waals surface area contributed by atoms with Crippen molar-refractivity contribution in [3.8, 4) is 0 Å². The van der Waals surface area contributed by atoms with Crippen LogP contribution >= 0.6 is 11.3 Å². The molecule has 0 unspecified atom stereocenters. The third-order valence-electron chi connectivity index (χ3n) is 2.04. The second-order valence-corrected chi connectivity index (χ2v) is 3.98. The average Bonchev–Trinajstić information content (AvgIpc) is 2.74. The minimum atomic E-state index is -0.521. The van der Waals surface area contributed by atoms with Crippen molar-refractivity contribution in [3.63, 3.8) is 0 Å². The van der Waals surface area contributed by atoms with Gasteiger partial charge < -0.3 is 11.1 Å². The first-order valence-corrected chi connectivity index (χ1v) is 5.49. The van der Waals surface area contributed by atoms with Crippen molar-refractivity contribution in [1.82, 2.24) is 0 Å². The number of nitrogens with one attached hydrogen (secondary N) is 1. The predicted molar refractivity (Wildman–Crippen MR) is 63.1 cm³/mol. The van der Waals surface area contributed by atoms with Gasteiger partial charge in [-0.05, 0) is 29.6 Å². The van der Waals surface area contributed by atoms with E-state index in [1.54, 1.807) is 6.07 Å². The number of hydrogen-bond acceptors (Lipinski definition) is 3. The molecule has 1 aromatic heterocycles. The van der Waals surface area contributed by atoms with E-state index in [1.165, 1.54) is 29.5 Å². The largest absolute Gasteiger partial charge is 0.396 e. The van der Waals surface area contributed by atoms with E-state index in [9.17, 15) is 9.18 Å². The number of benzene rings is 1. The van der Waals surface area contributed by atoms with Gasteiger partial charge in [0.2, 0.25) is 0 Å². The zero-order valence-corrected chi connectivity index (χ0v) is 9.05. The molecule has 3 N–H and O–H groups in total. The molecule has 0 aliphatic carbocycles. The van der Waals surface area contributed by atoms with E-state index >= 15 is 0 Å². The Bertz CT molecular complexity index is 511. The fraction of sp³-hybridized carbons (Fsp3) is 0. The molecule has 16 heavy (non-hydrogen) atoms. The highest BCUT2D eigenvalue weighted by molar-refractivity contribution is 7.08. The second kappa shape index (κ2) is 4.32. The molecular weight excluding hydrogens is 227 g/mol. The van der Waals surface area contributed by atoms with Gasteiger partial charge in [-0.3, -0.25) is 4.79 Å². The van der Waals surface area contributed by atoms with Gasteiger partial charge in [0.05, 0.1) is 11.4 Å². The number of nitrogens with two attached hydrogens (primary N) is 1. The summed E-state index contributed by atoms with van der Waals surface area (Å²) < 4.78 is 12.9. The molecule has 0 saturated heterocycles. The summed E-state index contributed by atoms with van der Waals surface area (Å²) in [5, 5.41) is 6.34. The van der Waals surface area contributed by atoms with E-state index in [4.69, 9.17) is 5.73 Å². The van der Waals surface area contributed by atoms with Gasteiger partial charge in [0, 0.05) is 10.9 Å². The lowest BCUT2D eigenvalue weighted by Gasteiger charge is -2.04. The smallest absolute Gasteiger partial charge is 0.255 e. The van der Waals surface area contributed by atoms with Gasteiger partial charge in [0.1, 0.15) is 5.82 Å². The van der Waals surface area contributed by atoms with Crippen molar-refractivity contribution < 1.29 is 9.18 Å². The highest BCUT2D eigenvalue weighted by Gasteiger charge is 2.08. The first kappa shape index (κ1) is 10.6. The summed E-state index contributed by atoms with van der Waals surface area (Å²) in [7, 11) is 0. The standard InChI is InChI=1S/C11H9FN2OS/c12-9-2-1-7(5-10(9)13)11(15)14-8-3-4-16-6-8/h1-6H,13H2,(H,14,15). The van der Waals surface area contributed by atoms with E-state index in [1.807, 2.05) is 10.8 Å². The van der Waals surface area contributed by atoms with Crippen LogP contribution in [0.15, 0.2) is 35.0 Å². The number of thiophene rings is 1. The molecule has 2 aromatic rings. The maximum absolute atomic E-state index is 12.9. The Morgan fingerprint density at radius 1 is 1.38 bits per heavy atom. The maximum Gasteiger partial charge on any atom is 0.255 e. The van der Waals surface area contributed by atoms with Gasteiger partial charge in [-0.15, -0.1) is 0 Å². The van der Waals surface area contributed by atoms with Crippen molar-refractivity contribution in [2.75, 3.05) is 11.1 Å². The number of rotatable bonds is 2. The normalized spacial score (nSPS) is 10.1. The van der Waals surface area contributed by atoms with E-state index in [0.29, 0.717) is 5.56 Å². The van der Waals surface area contributed by atoms with Crippen LogP contribution in [0, 0.1) is 5.82 Å².